The molecule has 0 aliphatic heterocycles. The van der Waals surface area contributed by atoms with E-state index in [4.69, 9.17) is 0 Å². The van der Waals surface area contributed by atoms with E-state index in [0.29, 0.717) is 6.07 Å². The predicted molar refractivity (Wildman–Crippen MR) is 57.5 cm³/mol. The molecule has 0 amide bonds. The van der Waals surface area contributed by atoms with Crippen LogP contribution >= 0.6 is 0 Å². The fraction of sp³-hybridized carbons (Fsp3) is 0.400. The van der Waals surface area contributed by atoms with Gasteiger partial charge < -0.3 is 0 Å². The average Bonchev–Trinajstić information content (AvgIpc) is 2.20. The topological polar surface area (TPSA) is 55.4 Å². The molecule has 0 aromatic heterocycles. The SMILES string of the molecule is CC(C)CONS(=O)(=O)c1cc(F)ccc1F. The molecular formula is C10H13F2NO3S. The van der Waals surface area contributed by atoms with Gasteiger partial charge in [0.05, 0.1) is 6.61 Å². The van der Waals surface area contributed by atoms with Crippen molar-refractivity contribution in [2.45, 2.75) is 18.7 Å². The lowest BCUT2D eigenvalue weighted by molar-refractivity contribution is 0.0717. The van der Waals surface area contributed by atoms with Gasteiger partial charge in [-0.3, -0.25) is 4.84 Å². The predicted octanol–water partition coefficient (Wildman–Crippen LogP) is 1.83. The van der Waals surface area contributed by atoms with E-state index in [-0.39, 0.29) is 12.5 Å². The van der Waals surface area contributed by atoms with E-state index in [1.165, 1.54) is 0 Å². The summed E-state index contributed by atoms with van der Waals surface area (Å²) in [6.45, 7) is 3.77. The molecule has 0 spiro atoms. The maximum absolute atomic E-state index is 13.2. The standard InChI is InChI=1S/C10H13F2NO3S/c1-7(2)6-16-13-17(14,15)10-5-8(11)3-4-9(10)12/h3-5,7,13H,6H2,1-2H3. The Labute approximate surface area is 98.6 Å². The monoisotopic (exact) mass is 265 g/mol. The molecule has 1 rings (SSSR count). The lowest BCUT2D eigenvalue weighted by Gasteiger charge is -2.09. The van der Waals surface area contributed by atoms with Gasteiger partial charge >= 0.3 is 0 Å². The minimum absolute atomic E-state index is 0.107. The summed E-state index contributed by atoms with van der Waals surface area (Å²) in [5.41, 5.74) is 0. The third kappa shape index (κ3) is 4.03. The number of sulfonamides is 1. The zero-order chi connectivity index (χ0) is 13.1. The van der Waals surface area contributed by atoms with E-state index in [9.17, 15) is 17.2 Å². The highest BCUT2D eigenvalue weighted by Crippen LogP contribution is 2.15. The van der Waals surface area contributed by atoms with Crippen LogP contribution in [0.4, 0.5) is 8.78 Å². The highest BCUT2D eigenvalue weighted by Gasteiger charge is 2.20. The fourth-order valence-corrected chi connectivity index (χ4v) is 1.91. The zero-order valence-corrected chi connectivity index (χ0v) is 10.2. The lowest BCUT2D eigenvalue weighted by atomic mass is 10.2. The van der Waals surface area contributed by atoms with Crippen LogP contribution in [0.1, 0.15) is 13.8 Å². The molecule has 7 heteroatoms. The van der Waals surface area contributed by atoms with Gasteiger partial charge in [-0.25, -0.2) is 17.2 Å². The second kappa shape index (κ2) is 5.52. The van der Waals surface area contributed by atoms with Crippen molar-refractivity contribution >= 4 is 10.0 Å². The summed E-state index contributed by atoms with van der Waals surface area (Å²) in [6.07, 6.45) is 0. The first-order valence-corrected chi connectivity index (χ1v) is 6.40. The highest BCUT2D eigenvalue weighted by atomic mass is 32.2. The van der Waals surface area contributed by atoms with Crippen LogP contribution in [-0.2, 0) is 14.9 Å². The zero-order valence-electron chi connectivity index (χ0n) is 9.41. The van der Waals surface area contributed by atoms with Crippen LogP contribution in [0.2, 0.25) is 0 Å². The van der Waals surface area contributed by atoms with Crippen molar-refractivity contribution in [3.63, 3.8) is 0 Å². The number of hydrogen-bond acceptors (Lipinski definition) is 3. The average molecular weight is 265 g/mol. The van der Waals surface area contributed by atoms with E-state index < -0.39 is 26.6 Å². The van der Waals surface area contributed by atoms with Crippen molar-refractivity contribution in [2.24, 2.45) is 5.92 Å². The van der Waals surface area contributed by atoms with Crippen LogP contribution in [0, 0.1) is 17.6 Å². The van der Waals surface area contributed by atoms with Gasteiger partial charge in [-0.1, -0.05) is 18.7 Å². The number of halogens is 2. The van der Waals surface area contributed by atoms with Crippen LogP contribution in [0.25, 0.3) is 0 Å². The Morgan fingerprint density at radius 3 is 2.59 bits per heavy atom. The van der Waals surface area contributed by atoms with Gasteiger partial charge in [-0.05, 0) is 24.1 Å². The molecule has 1 N–H and O–H groups in total. The molecule has 0 atom stereocenters. The summed E-state index contributed by atoms with van der Waals surface area (Å²) >= 11 is 0. The summed E-state index contributed by atoms with van der Waals surface area (Å²) in [5, 5.41) is 0. The Morgan fingerprint density at radius 1 is 1.35 bits per heavy atom. The Bertz CT molecular complexity index is 488. The second-order valence-electron chi connectivity index (χ2n) is 3.87. The van der Waals surface area contributed by atoms with E-state index in [0.717, 1.165) is 12.1 Å². The summed E-state index contributed by atoms with van der Waals surface area (Å²) < 4.78 is 49.1. The molecular weight excluding hydrogens is 252 g/mol. The van der Waals surface area contributed by atoms with E-state index >= 15 is 0 Å². The molecule has 96 valence electrons. The largest absolute Gasteiger partial charge is 0.287 e. The Hall–Kier alpha value is -1.05. The third-order valence-corrected chi connectivity index (χ3v) is 3.00. The quantitative estimate of drug-likeness (QED) is 0.826. The van der Waals surface area contributed by atoms with Crippen molar-refractivity contribution in [3.05, 3.63) is 29.8 Å². The highest BCUT2D eigenvalue weighted by molar-refractivity contribution is 7.89. The maximum atomic E-state index is 13.2. The molecule has 0 radical (unpaired) electrons. The molecule has 4 nitrogen and oxygen atoms in total. The summed E-state index contributed by atoms with van der Waals surface area (Å²) in [5.74, 6) is -1.77. The number of nitrogens with one attached hydrogen (secondary N) is 1. The fourth-order valence-electron chi connectivity index (χ4n) is 1.01. The van der Waals surface area contributed by atoms with Crippen molar-refractivity contribution < 1.29 is 22.0 Å². The van der Waals surface area contributed by atoms with E-state index in [1.807, 2.05) is 13.8 Å². The normalized spacial score (nSPS) is 12.1. The third-order valence-electron chi connectivity index (χ3n) is 1.77. The van der Waals surface area contributed by atoms with Crippen molar-refractivity contribution in [1.82, 2.24) is 4.89 Å². The molecule has 17 heavy (non-hydrogen) atoms. The molecule has 0 fully saturated rings. The van der Waals surface area contributed by atoms with Gasteiger partial charge in [-0.2, -0.15) is 0 Å². The minimum Gasteiger partial charge on any atom is -0.287 e. The first kappa shape index (κ1) is 14.0. The van der Waals surface area contributed by atoms with Gasteiger partial charge in [0.2, 0.25) is 0 Å². The van der Waals surface area contributed by atoms with Gasteiger partial charge in [0.15, 0.2) is 0 Å². The summed E-state index contributed by atoms with van der Waals surface area (Å²) in [7, 11) is -4.20. The number of rotatable bonds is 5. The molecule has 0 bridgehead atoms. The van der Waals surface area contributed by atoms with E-state index in [1.54, 1.807) is 4.89 Å². The van der Waals surface area contributed by atoms with Crippen molar-refractivity contribution in [3.8, 4) is 0 Å². The van der Waals surface area contributed by atoms with Crippen molar-refractivity contribution in [1.29, 1.82) is 0 Å². The molecule has 0 aliphatic rings. The van der Waals surface area contributed by atoms with Crippen LogP contribution in [0.3, 0.4) is 0 Å². The Kier molecular flexibility index (Phi) is 4.55. The van der Waals surface area contributed by atoms with Gasteiger partial charge in [-0.15, -0.1) is 0 Å². The molecule has 0 aliphatic carbocycles. The smallest absolute Gasteiger partial charge is 0.265 e. The molecule has 0 saturated carbocycles. The van der Waals surface area contributed by atoms with Gasteiger partial charge in [0.25, 0.3) is 10.0 Å². The Morgan fingerprint density at radius 2 is 2.00 bits per heavy atom. The summed E-state index contributed by atoms with van der Waals surface area (Å²) in [6, 6.07) is 2.17. The van der Waals surface area contributed by atoms with Gasteiger partial charge in [0.1, 0.15) is 16.5 Å². The molecule has 0 heterocycles. The molecule has 1 aromatic carbocycles. The molecule has 0 saturated heterocycles. The first-order valence-electron chi connectivity index (χ1n) is 4.91. The van der Waals surface area contributed by atoms with Crippen molar-refractivity contribution in [2.75, 3.05) is 6.61 Å². The number of benzene rings is 1. The first-order chi connectivity index (χ1) is 7.83. The molecule has 0 unspecified atom stereocenters. The summed E-state index contributed by atoms with van der Waals surface area (Å²) in [4.78, 5) is 5.65. The lowest BCUT2D eigenvalue weighted by Crippen LogP contribution is -2.26. The van der Waals surface area contributed by atoms with Crippen LogP contribution in [0.5, 0.6) is 0 Å². The molecule has 1 aromatic rings. The van der Waals surface area contributed by atoms with Crippen LogP contribution < -0.4 is 4.89 Å². The van der Waals surface area contributed by atoms with Gasteiger partial charge in [0, 0.05) is 0 Å². The van der Waals surface area contributed by atoms with Crippen LogP contribution in [-0.4, -0.2) is 15.0 Å². The van der Waals surface area contributed by atoms with E-state index in [2.05, 4.69) is 4.84 Å². The van der Waals surface area contributed by atoms with Crippen LogP contribution in [0.15, 0.2) is 23.1 Å². The Balaban J connectivity index is 2.86. The minimum atomic E-state index is -4.20. The second-order valence-corrected chi connectivity index (χ2v) is 5.48. The number of hydrogen-bond donors (Lipinski definition) is 1. The maximum Gasteiger partial charge on any atom is 0.265 e.